The number of nitrogens with one attached hydrogen (secondary N) is 2. The number of methoxy groups -OCH3 is 1. The highest BCUT2D eigenvalue weighted by molar-refractivity contribution is 8.15. The molecule has 2 aromatic rings. The van der Waals surface area contributed by atoms with Gasteiger partial charge in [-0.05, 0) is 48.0 Å². The molecule has 1 fully saturated rings. The van der Waals surface area contributed by atoms with E-state index in [-0.39, 0.29) is 29.2 Å². The lowest BCUT2D eigenvalue weighted by Crippen LogP contribution is -2.27. The predicted molar refractivity (Wildman–Crippen MR) is 111 cm³/mol. The minimum absolute atomic E-state index is 0.0814. The molecule has 3 rings (SSSR count). The number of amides is 3. The van der Waals surface area contributed by atoms with Crippen molar-refractivity contribution in [2.24, 2.45) is 5.10 Å². The monoisotopic (exact) mass is 443 g/mol. The Hall–Kier alpha value is -3.86. The second kappa shape index (κ2) is 9.76. The second-order valence-electron chi connectivity index (χ2n) is 6.22. The summed E-state index contributed by atoms with van der Waals surface area (Å²) >= 11 is 0.756. The number of hydrogen-bond acceptors (Lipinski definition) is 9. The van der Waals surface area contributed by atoms with Gasteiger partial charge in [0.15, 0.2) is 11.5 Å². The Morgan fingerprint density at radius 2 is 1.97 bits per heavy atom. The third-order valence-electron chi connectivity index (χ3n) is 4.05. The molecule has 31 heavy (non-hydrogen) atoms. The van der Waals surface area contributed by atoms with Crippen LogP contribution < -0.4 is 20.2 Å². The van der Waals surface area contributed by atoms with Crippen LogP contribution in [0.5, 0.6) is 17.2 Å². The number of rotatable bonds is 7. The normalized spacial score (nSPS) is 15.6. The molecule has 1 aliphatic rings. The number of carbonyl (C=O) groups excluding carboxylic acids is 4. The van der Waals surface area contributed by atoms with Crippen molar-refractivity contribution < 1.29 is 33.8 Å². The Morgan fingerprint density at radius 1 is 1.23 bits per heavy atom. The number of phenols is 1. The molecule has 3 N–H and O–H groups in total. The van der Waals surface area contributed by atoms with Gasteiger partial charge < -0.3 is 14.6 Å². The van der Waals surface area contributed by atoms with Crippen molar-refractivity contribution in [2.75, 3.05) is 7.11 Å². The van der Waals surface area contributed by atoms with Gasteiger partial charge in [-0.1, -0.05) is 11.8 Å². The number of benzene rings is 2. The number of aromatic hydroxyl groups is 1. The Labute approximate surface area is 180 Å². The summed E-state index contributed by atoms with van der Waals surface area (Å²) in [6, 6.07) is 10.4. The predicted octanol–water partition coefficient (Wildman–Crippen LogP) is 1.81. The third-order valence-corrected chi connectivity index (χ3v) is 5.03. The minimum Gasteiger partial charge on any atom is -0.504 e. The first-order chi connectivity index (χ1) is 14.9. The number of imide groups is 1. The van der Waals surface area contributed by atoms with Gasteiger partial charge in [0.1, 0.15) is 11.0 Å². The first-order valence-corrected chi connectivity index (χ1v) is 9.76. The van der Waals surface area contributed by atoms with Gasteiger partial charge in [-0.3, -0.25) is 24.5 Å². The average Bonchev–Trinajstić information content (AvgIpc) is 3.06. The van der Waals surface area contributed by atoms with Gasteiger partial charge >= 0.3 is 5.97 Å². The first-order valence-electron chi connectivity index (χ1n) is 8.88. The summed E-state index contributed by atoms with van der Waals surface area (Å²) < 4.78 is 10.1. The van der Waals surface area contributed by atoms with Crippen LogP contribution in [0.3, 0.4) is 0 Å². The van der Waals surface area contributed by atoms with E-state index in [4.69, 9.17) is 9.47 Å². The smallest absolute Gasteiger partial charge is 0.312 e. The van der Waals surface area contributed by atoms with Crippen LogP contribution in [0.1, 0.15) is 22.3 Å². The number of ether oxygens (including phenoxy) is 2. The summed E-state index contributed by atoms with van der Waals surface area (Å²) in [7, 11) is 1.38. The zero-order chi connectivity index (χ0) is 22.4. The summed E-state index contributed by atoms with van der Waals surface area (Å²) in [5.41, 5.74) is 3.23. The lowest BCUT2D eigenvalue weighted by molar-refractivity contribution is -0.135. The lowest BCUT2D eigenvalue weighted by Gasteiger charge is -2.06. The topological polar surface area (TPSA) is 143 Å². The fourth-order valence-corrected chi connectivity index (χ4v) is 3.33. The van der Waals surface area contributed by atoms with E-state index >= 15 is 0 Å². The van der Waals surface area contributed by atoms with E-state index in [1.165, 1.54) is 43.7 Å². The van der Waals surface area contributed by atoms with Crippen molar-refractivity contribution >= 4 is 41.0 Å². The molecule has 1 atom stereocenters. The van der Waals surface area contributed by atoms with Crippen LogP contribution in [0.2, 0.25) is 0 Å². The standard InChI is InChI=1S/C20H17N3O7S/c1-29-15-8-12(4-7-14(15)24)18(26)23-21-10-11-2-5-13(6-3-11)30-17(25)9-16-19(27)22-20(28)31-16/h2-8,10,16,24H,9H2,1H3,(H,23,26)(H,22,27,28)/b21-10+. The van der Waals surface area contributed by atoms with E-state index in [0.717, 1.165) is 11.8 Å². The maximum Gasteiger partial charge on any atom is 0.312 e. The highest BCUT2D eigenvalue weighted by Gasteiger charge is 2.33. The van der Waals surface area contributed by atoms with Crippen LogP contribution in [-0.4, -0.2) is 46.7 Å². The van der Waals surface area contributed by atoms with E-state index in [1.807, 2.05) is 0 Å². The lowest BCUT2D eigenvalue weighted by atomic mass is 10.2. The summed E-state index contributed by atoms with van der Waals surface area (Å²) in [5.74, 6) is -1.29. The molecule has 1 heterocycles. The maximum atomic E-state index is 12.1. The Morgan fingerprint density at radius 3 is 2.61 bits per heavy atom. The fourth-order valence-electron chi connectivity index (χ4n) is 2.52. The molecule has 10 nitrogen and oxygen atoms in total. The zero-order valence-electron chi connectivity index (χ0n) is 16.2. The van der Waals surface area contributed by atoms with Gasteiger partial charge in [-0.25, -0.2) is 5.43 Å². The Kier molecular flexibility index (Phi) is 6.88. The molecule has 0 aromatic heterocycles. The number of thioether (sulfide) groups is 1. The largest absolute Gasteiger partial charge is 0.504 e. The van der Waals surface area contributed by atoms with Crippen molar-refractivity contribution in [3.63, 3.8) is 0 Å². The molecule has 0 saturated carbocycles. The molecule has 0 radical (unpaired) electrons. The van der Waals surface area contributed by atoms with E-state index in [0.29, 0.717) is 5.56 Å². The molecular weight excluding hydrogens is 426 g/mol. The summed E-state index contributed by atoms with van der Waals surface area (Å²) in [5, 5.41) is 14.3. The number of hydrazone groups is 1. The van der Waals surface area contributed by atoms with Crippen molar-refractivity contribution in [2.45, 2.75) is 11.7 Å². The molecule has 1 saturated heterocycles. The fraction of sp³-hybridized carbons (Fsp3) is 0.150. The molecule has 0 bridgehead atoms. The number of carbonyl (C=O) groups is 4. The molecule has 160 valence electrons. The molecule has 2 aromatic carbocycles. The van der Waals surface area contributed by atoms with Crippen molar-refractivity contribution in [1.29, 1.82) is 0 Å². The molecule has 0 aliphatic carbocycles. The molecule has 3 amide bonds. The first kappa shape index (κ1) is 21.8. The van der Waals surface area contributed by atoms with Crippen LogP contribution >= 0.6 is 11.8 Å². The number of phenolic OH excluding ortho intramolecular Hbond substituents is 1. The number of esters is 1. The summed E-state index contributed by atoms with van der Waals surface area (Å²) in [6.07, 6.45) is 1.17. The van der Waals surface area contributed by atoms with Gasteiger partial charge in [0.05, 0.1) is 19.7 Å². The van der Waals surface area contributed by atoms with E-state index in [1.54, 1.807) is 12.1 Å². The second-order valence-corrected chi connectivity index (χ2v) is 7.39. The van der Waals surface area contributed by atoms with Gasteiger partial charge in [0.2, 0.25) is 5.91 Å². The summed E-state index contributed by atoms with van der Waals surface area (Å²) in [6.45, 7) is 0. The van der Waals surface area contributed by atoms with Gasteiger partial charge in [0.25, 0.3) is 11.1 Å². The third kappa shape index (κ3) is 5.82. The van der Waals surface area contributed by atoms with E-state index in [9.17, 15) is 24.3 Å². The van der Waals surface area contributed by atoms with Crippen LogP contribution in [0, 0.1) is 0 Å². The number of nitrogens with zero attached hydrogens (tertiary/aromatic N) is 1. The summed E-state index contributed by atoms with van der Waals surface area (Å²) in [4.78, 5) is 46.6. The van der Waals surface area contributed by atoms with Crippen molar-refractivity contribution in [1.82, 2.24) is 10.7 Å². The molecule has 0 spiro atoms. The minimum atomic E-state index is -0.788. The SMILES string of the molecule is COc1cc(C(=O)N/N=C/c2ccc(OC(=O)CC3SC(=O)NC3=O)cc2)ccc1O. The zero-order valence-corrected chi connectivity index (χ0v) is 17.0. The molecule has 11 heteroatoms. The van der Waals surface area contributed by atoms with E-state index in [2.05, 4.69) is 15.8 Å². The Balaban J connectivity index is 1.51. The van der Waals surface area contributed by atoms with E-state index < -0.39 is 28.3 Å². The van der Waals surface area contributed by atoms with Crippen LogP contribution in [0.15, 0.2) is 47.6 Å². The Bertz CT molecular complexity index is 1050. The molecule has 1 unspecified atom stereocenters. The van der Waals surface area contributed by atoms with Gasteiger partial charge in [-0.15, -0.1) is 0 Å². The van der Waals surface area contributed by atoms with Crippen molar-refractivity contribution in [3.8, 4) is 17.2 Å². The highest BCUT2D eigenvalue weighted by Crippen LogP contribution is 2.26. The maximum absolute atomic E-state index is 12.1. The van der Waals surface area contributed by atoms with Crippen molar-refractivity contribution in [3.05, 3.63) is 53.6 Å². The van der Waals surface area contributed by atoms with Crippen LogP contribution in [-0.2, 0) is 9.59 Å². The number of hydrogen-bond donors (Lipinski definition) is 3. The average molecular weight is 443 g/mol. The van der Waals surface area contributed by atoms with Gasteiger partial charge in [0, 0.05) is 5.56 Å². The van der Waals surface area contributed by atoms with Crippen LogP contribution in [0.4, 0.5) is 4.79 Å². The molecule has 1 aliphatic heterocycles. The molecular formula is C20H17N3O7S. The quantitative estimate of drug-likeness (QED) is 0.254. The van der Waals surface area contributed by atoms with Gasteiger partial charge in [-0.2, -0.15) is 5.10 Å². The highest BCUT2D eigenvalue weighted by atomic mass is 32.2. The van der Waals surface area contributed by atoms with Crippen LogP contribution in [0.25, 0.3) is 0 Å².